The van der Waals surface area contributed by atoms with Crippen LogP contribution in [0, 0.1) is 5.82 Å². The van der Waals surface area contributed by atoms with Crippen molar-refractivity contribution in [3.8, 4) is 11.1 Å². The molecule has 0 atom stereocenters. The molecule has 0 saturated carbocycles. The smallest absolute Gasteiger partial charge is 0.419 e. The van der Waals surface area contributed by atoms with Crippen molar-refractivity contribution in [2.24, 2.45) is 0 Å². The highest BCUT2D eigenvalue weighted by Gasteiger charge is 2.34. The number of aromatic amines is 1. The minimum Gasteiger partial charge on any atom is -0.462 e. The summed E-state index contributed by atoms with van der Waals surface area (Å²) in [5.41, 5.74) is 1.91. The molecule has 0 unspecified atom stereocenters. The van der Waals surface area contributed by atoms with Crippen molar-refractivity contribution in [2.75, 3.05) is 11.9 Å². The van der Waals surface area contributed by atoms with Crippen LogP contribution in [0.3, 0.4) is 0 Å². The fraction of sp³-hybridized carbons (Fsp3) is 0.280. The van der Waals surface area contributed by atoms with E-state index in [1.807, 2.05) is 39.0 Å². The van der Waals surface area contributed by atoms with Crippen LogP contribution in [0.1, 0.15) is 31.9 Å². The van der Waals surface area contributed by atoms with Crippen molar-refractivity contribution in [3.05, 3.63) is 71.9 Å². The van der Waals surface area contributed by atoms with E-state index in [0.29, 0.717) is 28.9 Å². The molecule has 0 bridgehead atoms. The monoisotopic (exact) mass is 503 g/mol. The van der Waals surface area contributed by atoms with Crippen LogP contribution in [0.5, 0.6) is 0 Å². The molecule has 2 heterocycles. The predicted molar refractivity (Wildman–Crippen MR) is 128 cm³/mol. The van der Waals surface area contributed by atoms with Gasteiger partial charge >= 0.3 is 6.18 Å². The average molecular weight is 504 g/mol. The number of nitrogens with zero attached hydrogens (tertiary/aromatic N) is 4. The van der Waals surface area contributed by atoms with Crippen molar-refractivity contribution < 1.29 is 27.1 Å². The van der Waals surface area contributed by atoms with E-state index >= 15 is 0 Å². The Hall–Kier alpha value is -4.02. The second-order valence-electron chi connectivity index (χ2n) is 8.91. The number of halogens is 4. The van der Waals surface area contributed by atoms with E-state index < -0.39 is 17.6 Å². The van der Waals surface area contributed by atoms with E-state index in [4.69, 9.17) is 0 Å². The third-order valence-corrected chi connectivity index (χ3v) is 4.91. The molecule has 0 aliphatic carbocycles. The molecule has 0 aliphatic rings. The van der Waals surface area contributed by atoms with E-state index in [1.165, 1.54) is 6.07 Å². The SMILES string of the molecule is CC(C)(C)OC=O.CN(Cc1ccc(F)c(C(F)(F)F)c1)c1cnc2cc(-c3cn[nH]c3)ccc2n1. The van der Waals surface area contributed by atoms with Crippen LogP contribution in [0.25, 0.3) is 22.2 Å². The largest absolute Gasteiger partial charge is 0.462 e. The number of rotatable bonds is 5. The lowest BCUT2D eigenvalue weighted by Crippen LogP contribution is -2.19. The summed E-state index contributed by atoms with van der Waals surface area (Å²) in [7, 11) is 1.69. The molecule has 0 fully saturated rings. The fourth-order valence-electron chi connectivity index (χ4n) is 3.16. The molecular weight excluding hydrogens is 478 g/mol. The molecule has 0 amide bonds. The van der Waals surface area contributed by atoms with Crippen LogP contribution < -0.4 is 4.90 Å². The Labute approximate surface area is 205 Å². The number of aromatic nitrogens is 4. The third kappa shape index (κ3) is 7.00. The van der Waals surface area contributed by atoms with E-state index in [-0.39, 0.29) is 12.1 Å². The molecule has 2 aromatic heterocycles. The standard InChI is InChI=1S/C20H15F4N5.C5H10O2/c1-29(11-12-2-4-16(21)15(6-12)20(22,23)24)19-10-25-18-7-13(3-5-17(18)28-19)14-8-26-27-9-14;1-5(2,3)7-4-6/h2-10H,11H2,1H3,(H,26,27);4H,1-3H3. The lowest BCUT2D eigenvalue weighted by Gasteiger charge is -2.19. The Morgan fingerprint density at radius 2 is 1.78 bits per heavy atom. The lowest BCUT2D eigenvalue weighted by molar-refractivity contribution is -0.140. The minimum absolute atomic E-state index is 0.122. The number of carbonyl (C=O) groups excluding carboxylic acids is 1. The highest BCUT2D eigenvalue weighted by atomic mass is 19.4. The van der Waals surface area contributed by atoms with Crippen LogP contribution in [0.15, 0.2) is 55.0 Å². The molecule has 0 saturated heterocycles. The average Bonchev–Trinajstić information content (AvgIpc) is 3.33. The molecule has 1 N–H and O–H groups in total. The first-order valence-electron chi connectivity index (χ1n) is 10.8. The molecule has 4 rings (SSSR count). The first kappa shape index (κ1) is 26.6. The molecule has 0 radical (unpaired) electrons. The summed E-state index contributed by atoms with van der Waals surface area (Å²) < 4.78 is 56.8. The molecule has 0 aliphatic heterocycles. The zero-order valence-electron chi connectivity index (χ0n) is 20.1. The Kier molecular flexibility index (Phi) is 7.91. The molecule has 0 spiro atoms. The van der Waals surface area contributed by atoms with Gasteiger partial charge in [0, 0.05) is 25.4 Å². The number of carbonyl (C=O) groups is 1. The highest BCUT2D eigenvalue weighted by molar-refractivity contribution is 5.81. The Bertz CT molecular complexity index is 1320. The number of nitrogens with one attached hydrogen (secondary N) is 1. The summed E-state index contributed by atoms with van der Waals surface area (Å²) in [6, 6.07) is 8.56. The van der Waals surface area contributed by atoms with Crippen LogP contribution in [-0.4, -0.2) is 39.3 Å². The van der Waals surface area contributed by atoms with Gasteiger partial charge in [0.1, 0.15) is 17.2 Å². The number of benzene rings is 2. The molecule has 2 aromatic carbocycles. The predicted octanol–water partition coefficient (Wildman–Crippen LogP) is 5.77. The van der Waals surface area contributed by atoms with Gasteiger partial charge in [-0.25, -0.2) is 9.37 Å². The van der Waals surface area contributed by atoms with Gasteiger partial charge in [-0.05, 0) is 56.2 Å². The van der Waals surface area contributed by atoms with Crippen molar-refractivity contribution in [1.29, 1.82) is 0 Å². The van der Waals surface area contributed by atoms with Gasteiger partial charge in [-0.2, -0.15) is 18.3 Å². The molecule has 36 heavy (non-hydrogen) atoms. The van der Waals surface area contributed by atoms with Crippen LogP contribution in [0.2, 0.25) is 0 Å². The van der Waals surface area contributed by atoms with Gasteiger partial charge in [0.25, 0.3) is 6.47 Å². The van der Waals surface area contributed by atoms with Crippen LogP contribution in [-0.2, 0) is 22.3 Å². The van der Waals surface area contributed by atoms with Gasteiger partial charge in [0.15, 0.2) is 0 Å². The van der Waals surface area contributed by atoms with Crippen molar-refractivity contribution in [3.63, 3.8) is 0 Å². The molecule has 190 valence electrons. The quantitative estimate of drug-likeness (QED) is 0.275. The summed E-state index contributed by atoms with van der Waals surface area (Å²) in [6.45, 7) is 6.04. The number of H-pyrrole nitrogens is 1. The van der Waals surface area contributed by atoms with Gasteiger partial charge in [0.05, 0.1) is 29.0 Å². The maximum absolute atomic E-state index is 13.5. The van der Waals surface area contributed by atoms with Crippen molar-refractivity contribution >= 4 is 23.3 Å². The van der Waals surface area contributed by atoms with Gasteiger partial charge in [-0.3, -0.25) is 14.9 Å². The summed E-state index contributed by atoms with van der Waals surface area (Å²) >= 11 is 0. The van der Waals surface area contributed by atoms with E-state index in [2.05, 4.69) is 24.9 Å². The summed E-state index contributed by atoms with van der Waals surface area (Å²) in [5.74, 6) is -0.797. The van der Waals surface area contributed by atoms with Gasteiger partial charge < -0.3 is 9.64 Å². The first-order valence-corrected chi connectivity index (χ1v) is 10.8. The molecule has 11 heteroatoms. The summed E-state index contributed by atoms with van der Waals surface area (Å²) in [6.07, 6.45) is 0.285. The Balaban J connectivity index is 0.000000454. The number of hydrogen-bond donors (Lipinski definition) is 1. The highest BCUT2D eigenvalue weighted by Crippen LogP contribution is 2.32. The number of hydrogen-bond acceptors (Lipinski definition) is 6. The number of fused-ring (bicyclic) bond motifs is 1. The first-order chi connectivity index (χ1) is 16.9. The molecular formula is C25H25F4N5O2. The zero-order valence-corrected chi connectivity index (χ0v) is 20.1. The van der Waals surface area contributed by atoms with E-state index in [0.717, 1.165) is 23.3 Å². The molecule has 4 aromatic rings. The van der Waals surface area contributed by atoms with E-state index in [1.54, 1.807) is 30.5 Å². The number of anilines is 1. The second kappa shape index (κ2) is 10.7. The van der Waals surface area contributed by atoms with Crippen LogP contribution >= 0.6 is 0 Å². The third-order valence-electron chi connectivity index (χ3n) is 4.91. The van der Waals surface area contributed by atoms with Crippen molar-refractivity contribution in [1.82, 2.24) is 20.2 Å². The number of ether oxygens (including phenoxy) is 1. The lowest BCUT2D eigenvalue weighted by atomic mass is 10.1. The zero-order chi connectivity index (χ0) is 26.5. The second-order valence-corrected chi connectivity index (χ2v) is 8.91. The maximum atomic E-state index is 13.5. The summed E-state index contributed by atoms with van der Waals surface area (Å²) in [5, 5.41) is 6.67. The normalized spacial score (nSPS) is 11.6. The summed E-state index contributed by atoms with van der Waals surface area (Å²) in [4.78, 5) is 20.2. The Morgan fingerprint density at radius 1 is 1.03 bits per heavy atom. The topological polar surface area (TPSA) is 84.0 Å². The fourth-order valence-corrected chi connectivity index (χ4v) is 3.16. The Morgan fingerprint density at radius 3 is 2.36 bits per heavy atom. The van der Waals surface area contributed by atoms with Crippen LogP contribution in [0.4, 0.5) is 23.4 Å². The van der Waals surface area contributed by atoms with Gasteiger partial charge in [0.2, 0.25) is 0 Å². The van der Waals surface area contributed by atoms with Gasteiger partial charge in [-0.15, -0.1) is 0 Å². The van der Waals surface area contributed by atoms with Gasteiger partial charge in [-0.1, -0.05) is 12.1 Å². The maximum Gasteiger partial charge on any atom is 0.419 e. The van der Waals surface area contributed by atoms with Crippen molar-refractivity contribution in [2.45, 2.75) is 39.1 Å². The minimum atomic E-state index is -4.74. The number of alkyl halides is 3. The molecule has 7 nitrogen and oxygen atoms in total. The van der Waals surface area contributed by atoms with E-state index in [9.17, 15) is 22.4 Å².